The Morgan fingerprint density at radius 3 is 2.27 bits per heavy atom. The summed E-state index contributed by atoms with van der Waals surface area (Å²) in [5.74, 6) is -0.474. The third-order valence-corrected chi connectivity index (χ3v) is 6.23. The van der Waals surface area contributed by atoms with Gasteiger partial charge in [-0.05, 0) is 41.8 Å². The highest BCUT2D eigenvalue weighted by Gasteiger charge is 2.42. The maximum absolute atomic E-state index is 13.6. The van der Waals surface area contributed by atoms with Crippen molar-refractivity contribution in [2.45, 2.75) is 13.5 Å². The lowest BCUT2D eigenvalue weighted by atomic mass is 10.0. The first kappa shape index (κ1) is 20.9. The summed E-state index contributed by atoms with van der Waals surface area (Å²) in [6.07, 6.45) is 3.38. The first-order chi connectivity index (χ1) is 16.1. The van der Waals surface area contributed by atoms with Crippen LogP contribution in [0.1, 0.15) is 16.7 Å². The van der Waals surface area contributed by atoms with Gasteiger partial charge in [0.15, 0.2) is 0 Å². The van der Waals surface area contributed by atoms with Crippen LogP contribution in [0.25, 0.3) is 5.57 Å². The highest BCUT2D eigenvalue weighted by atomic mass is 16.2. The zero-order chi connectivity index (χ0) is 22.8. The van der Waals surface area contributed by atoms with Gasteiger partial charge in [-0.25, -0.2) is 0 Å². The predicted octanol–water partition coefficient (Wildman–Crippen LogP) is 3.49. The van der Waals surface area contributed by atoms with Gasteiger partial charge in [-0.3, -0.25) is 19.5 Å². The standard InChI is InChI=1S/C27H26N4O2/c1-20-7-5-11-23(17-20)29-13-15-30(16-14-29)25-24(22-9-3-2-4-10-22)26(32)31(27(25)33)19-21-8-6-12-28-18-21/h2-12,17-18H,13-16,19H2,1H3. The van der Waals surface area contributed by atoms with Crippen LogP contribution in [0, 0.1) is 6.92 Å². The summed E-state index contributed by atoms with van der Waals surface area (Å²) in [6, 6.07) is 21.7. The number of rotatable bonds is 5. The minimum absolute atomic E-state index is 0.217. The molecule has 166 valence electrons. The van der Waals surface area contributed by atoms with Crippen LogP contribution in [0.2, 0.25) is 0 Å². The second-order valence-corrected chi connectivity index (χ2v) is 8.46. The molecule has 2 aliphatic rings. The molecule has 0 bridgehead atoms. The van der Waals surface area contributed by atoms with E-state index in [0.29, 0.717) is 24.4 Å². The van der Waals surface area contributed by atoms with Gasteiger partial charge in [0.2, 0.25) is 0 Å². The fourth-order valence-corrected chi connectivity index (χ4v) is 4.55. The van der Waals surface area contributed by atoms with Crippen molar-refractivity contribution in [3.05, 3.63) is 102 Å². The van der Waals surface area contributed by atoms with Gasteiger partial charge in [0.1, 0.15) is 5.70 Å². The van der Waals surface area contributed by atoms with Gasteiger partial charge in [-0.15, -0.1) is 0 Å². The minimum atomic E-state index is -0.244. The van der Waals surface area contributed by atoms with Gasteiger partial charge < -0.3 is 9.80 Å². The number of aryl methyl sites for hydroxylation is 1. The summed E-state index contributed by atoms with van der Waals surface area (Å²) in [5.41, 5.74) is 5.04. The summed E-state index contributed by atoms with van der Waals surface area (Å²) in [6.45, 7) is 5.25. The van der Waals surface area contributed by atoms with Crippen molar-refractivity contribution >= 4 is 23.1 Å². The maximum atomic E-state index is 13.6. The molecule has 1 aromatic heterocycles. The van der Waals surface area contributed by atoms with Crippen molar-refractivity contribution in [2.24, 2.45) is 0 Å². The molecule has 0 N–H and O–H groups in total. The molecule has 6 heteroatoms. The third-order valence-electron chi connectivity index (χ3n) is 6.23. The maximum Gasteiger partial charge on any atom is 0.278 e. The first-order valence-electron chi connectivity index (χ1n) is 11.2. The number of anilines is 1. The molecule has 6 nitrogen and oxygen atoms in total. The normalized spacial score (nSPS) is 16.7. The monoisotopic (exact) mass is 438 g/mol. The van der Waals surface area contributed by atoms with Crippen LogP contribution in [-0.2, 0) is 16.1 Å². The Bertz CT molecular complexity index is 1200. The van der Waals surface area contributed by atoms with Crippen molar-refractivity contribution in [2.75, 3.05) is 31.1 Å². The van der Waals surface area contributed by atoms with Gasteiger partial charge in [0.05, 0.1) is 12.1 Å². The summed E-state index contributed by atoms with van der Waals surface area (Å²) in [7, 11) is 0. The van der Waals surface area contributed by atoms with Gasteiger partial charge in [0.25, 0.3) is 11.8 Å². The van der Waals surface area contributed by atoms with Crippen molar-refractivity contribution < 1.29 is 9.59 Å². The van der Waals surface area contributed by atoms with Gasteiger partial charge in [0, 0.05) is 44.3 Å². The Kier molecular flexibility index (Phi) is 5.65. The summed E-state index contributed by atoms with van der Waals surface area (Å²) in [5, 5.41) is 0. The van der Waals surface area contributed by atoms with Crippen molar-refractivity contribution in [1.29, 1.82) is 0 Å². The number of amides is 2. The molecule has 2 aromatic carbocycles. The molecule has 0 atom stereocenters. The number of benzene rings is 2. The molecule has 1 fully saturated rings. The molecule has 1 saturated heterocycles. The van der Waals surface area contributed by atoms with Crippen molar-refractivity contribution in [1.82, 2.24) is 14.8 Å². The van der Waals surface area contributed by atoms with Crippen LogP contribution in [0.3, 0.4) is 0 Å². The van der Waals surface area contributed by atoms with Crippen LogP contribution < -0.4 is 4.90 Å². The predicted molar refractivity (Wildman–Crippen MR) is 128 cm³/mol. The first-order valence-corrected chi connectivity index (χ1v) is 11.2. The smallest absolute Gasteiger partial charge is 0.278 e. The fourth-order valence-electron chi connectivity index (χ4n) is 4.55. The van der Waals surface area contributed by atoms with Crippen LogP contribution >= 0.6 is 0 Å². The molecule has 3 heterocycles. The van der Waals surface area contributed by atoms with Gasteiger partial charge in [-0.2, -0.15) is 0 Å². The average molecular weight is 439 g/mol. The van der Waals surface area contributed by atoms with E-state index >= 15 is 0 Å². The Labute approximate surface area is 193 Å². The lowest BCUT2D eigenvalue weighted by molar-refractivity contribution is -0.138. The highest BCUT2D eigenvalue weighted by Crippen LogP contribution is 2.33. The minimum Gasteiger partial charge on any atom is -0.368 e. The molecule has 0 spiro atoms. The molecule has 0 radical (unpaired) electrons. The largest absolute Gasteiger partial charge is 0.368 e. The quantitative estimate of drug-likeness (QED) is 0.571. The summed E-state index contributed by atoms with van der Waals surface area (Å²) < 4.78 is 0. The van der Waals surface area contributed by atoms with E-state index in [9.17, 15) is 9.59 Å². The molecule has 33 heavy (non-hydrogen) atoms. The topological polar surface area (TPSA) is 56.8 Å². The van der Waals surface area contributed by atoms with E-state index in [1.807, 2.05) is 42.5 Å². The number of carbonyl (C=O) groups excluding carboxylic acids is 2. The SMILES string of the molecule is Cc1cccc(N2CCN(C3=C(c4ccccc4)C(=O)N(Cc4cccnc4)C3=O)CC2)c1. The van der Waals surface area contributed by atoms with Crippen LogP contribution in [-0.4, -0.2) is 52.8 Å². The van der Waals surface area contributed by atoms with E-state index in [-0.39, 0.29) is 18.4 Å². The number of carbonyl (C=O) groups is 2. The second kappa shape index (κ2) is 8.90. The molecular weight excluding hydrogens is 412 g/mol. The molecule has 3 aromatic rings. The molecule has 0 unspecified atom stereocenters. The second-order valence-electron chi connectivity index (χ2n) is 8.46. The van der Waals surface area contributed by atoms with E-state index in [1.165, 1.54) is 16.2 Å². The summed E-state index contributed by atoms with van der Waals surface area (Å²) >= 11 is 0. The third kappa shape index (κ3) is 4.12. The number of pyridine rings is 1. The zero-order valence-corrected chi connectivity index (χ0v) is 18.6. The average Bonchev–Trinajstić information content (AvgIpc) is 3.10. The van der Waals surface area contributed by atoms with Crippen LogP contribution in [0.15, 0.2) is 84.8 Å². The van der Waals surface area contributed by atoms with E-state index in [1.54, 1.807) is 12.4 Å². The van der Waals surface area contributed by atoms with Crippen LogP contribution in [0.5, 0.6) is 0 Å². The molecule has 5 rings (SSSR count). The number of piperazine rings is 1. The number of hydrogen-bond donors (Lipinski definition) is 0. The highest BCUT2D eigenvalue weighted by molar-refractivity contribution is 6.35. The molecule has 0 saturated carbocycles. The molecule has 2 amide bonds. The Morgan fingerprint density at radius 1 is 0.818 bits per heavy atom. The molecule has 0 aliphatic carbocycles. The van der Waals surface area contributed by atoms with Crippen molar-refractivity contribution in [3.63, 3.8) is 0 Å². The number of hydrogen-bond acceptors (Lipinski definition) is 5. The Hall–Kier alpha value is -3.93. The van der Waals surface area contributed by atoms with E-state index < -0.39 is 0 Å². The Morgan fingerprint density at radius 2 is 1.58 bits per heavy atom. The Balaban J connectivity index is 1.43. The number of nitrogens with zero attached hydrogens (tertiary/aromatic N) is 4. The van der Waals surface area contributed by atoms with E-state index in [0.717, 1.165) is 24.2 Å². The number of imide groups is 1. The summed E-state index contributed by atoms with van der Waals surface area (Å²) in [4.78, 5) is 36.9. The molecule has 2 aliphatic heterocycles. The van der Waals surface area contributed by atoms with E-state index in [4.69, 9.17) is 0 Å². The van der Waals surface area contributed by atoms with Crippen molar-refractivity contribution in [3.8, 4) is 0 Å². The van der Waals surface area contributed by atoms with E-state index in [2.05, 4.69) is 46.0 Å². The molecular formula is C27H26N4O2. The number of aromatic nitrogens is 1. The van der Waals surface area contributed by atoms with Gasteiger partial charge in [-0.1, -0.05) is 48.5 Å². The zero-order valence-electron chi connectivity index (χ0n) is 18.6. The van der Waals surface area contributed by atoms with Gasteiger partial charge >= 0.3 is 0 Å². The lowest BCUT2D eigenvalue weighted by Crippen LogP contribution is -2.47. The lowest BCUT2D eigenvalue weighted by Gasteiger charge is -2.37. The van der Waals surface area contributed by atoms with Crippen LogP contribution in [0.4, 0.5) is 5.69 Å². The fraction of sp³-hybridized carbons (Fsp3) is 0.222.